The van der Waals surface area contributed by atoms with Crippen molar-refractivity contribution in [3.63, 3.8) is 0 Å². The summed E-state index contributed by atoms with van der Waals surface area (Å²) in [6, 6.07) is 0. The number of carboxylic acid groups (broad SMARTS) is 1. The van der Waals surface area contributed by atoms with Gasteiger partial charge in [0.15, 0.2) is 0 Å². The van der Waals surface area contributed by atoms with Crippen molar-refractivity contribution in [2.24, 2.45) is 5.41 Å². The van der Waals surface area contributed by atoms with Gasteiger partial charge >= 0.3 is 5.97 Å². The largest absolute Gasteiger partial charge is 0.481 e. The van der Waals surface area contributed by atoms with Gasteiger partial charge in [-0.1, -0.05) is 25.7 Å². The van der Waals surface area contributed by atoms with Gasteiger partial charge in [0, 0.05) is 26.7 Å². The molecule has 1 N–H and O–H groups in total. The van der Waals surface area contributed by atoms with Gasteiger partial charge in [0.1, 0.15) is 0 Å². The molecule has 1 unspecified atom stereocenters. The average molecular weight is 255 g/mol. The molecule has 0 bridgehead atoms. The highest BCUT2D eigenvalue weighted by molar-refractivity contribution is 5.67. The molecule has 0 aromatic carbocycles. The van der Waals surface area contributed by atoms with Gasteiger partial charge in [-0.15, -0.1) is 0 Å². The lowest BCUT2D eigenvalue weighted by Crippen LogP contribution is -2.58. The van der Waals surface area contributed by atoms with Crippen LogP contribution in [0.25, 0.3) is 0 Å². The fourth-order valence-electron chi connectivity index (χ4n) is 3.53. The SMILES string of the molecule is COC(CC(=O)O)CN1CC2(CCCCCC2)C1. The van der Waals surface area contributed by atoms with Crippen LogP contribution in [0.3, 0.4) is 0 Å². The third-order valence-corrected chi connectivity index (χ3v) is 4.48. The molecule has 2 aliphatic rings. The van der Waals surface area contributed by atoms with Gasteiger partial charge < -0.3 is 9.84 Å². The maximum Gasteiger partial charge on any atom is 0.306 e. The van der Waals surface area contributed by atoms with Crippen molar-refractivity contribution < 1.29 is 14.6 Å². The Kier molecular flexibility index (Phi) is 4.62. The Labute approximate surface area is 109 Å². The van der Waals surface area contributed by atoms with Crippen LogP contribution < -0.4 is 0 Å². The van der Waals surface area contributed by atoms with Crippen LogP contribution in [0.15, 0.2) is 0 Å². The van der Waals surface area contributed by atoms with Crippen molar-refractivity contribution in [1.29, 1.82) is 0 Å². The van der Waals surface area contributed by atoms with Crippen LogP contribution in [0.2, 0.25) is 0 Å². The summed E-state index contributed by atoms with van der Waals surface area (Å²) in [5.74, 6) is -0.772. The quantitative estimate of drug-likeness (QED) is 0.817. The zero-order chi connectivity index (χ0) is 13.0. The number of aliphatic carboxylic acids is 1. The highest BCUT2D eigenvalue weighted by Gasteiger charge is 2.42. The van der Waals surface area contributed by atoms with Crippen molar-refractivity contribution >= 4 is 5.97 Å². The van der Waals surface area contributed by atoms with Crippen molar-refractivity contribution in [3.8, 4) is 0 Å². The van der Waals surface area contributed by atoms with Crippen LogP contribution in [0.4, 0.5) is 0 Å². The Morgan fingerprint density at radius 1 is 1.28 bits per heavy atom. The summed E-state index contributed by atoms with van der Waals surface area (Å²) in [6.45, 7) is 3.06. The smallest absolute Gasteiger partial charge is 0.306 e. The third kappa shape index (κ3) is 3.45. The number of hydrogen-bond donors (Lipinski definition) is 1. The predicted molar refractivity (Wildman–Crippen MR) is 69.6 cm³/mol. The normalized spacial score (nSPS) is 25.4. The maximum absolute atomic E-state index is 10.7. The van der Waals surface area contributed by atoms with Crippen LogP contribution >= 0.6 is 0 Å². The molecule has 4 heteroatoms. The summed E-state index contributed by atoms with van der Waals surface area (Å²) in [5, 5.41) is 8.80. The van der Waals surface area contributed by atoms with E-state index in [-0.39, 0.29) is 12.5 Å². The molecule has 2 rings (SSSR count). The van der Waals surface area contributed by atoms with E-state index in [4.69, 9.17) is 9.84 Å². The molecule has 2 fully saturated rings. The molecule has 1 aliphatic carbocycles. The summed E-state index contributed by atoms with van der Waals surface area (Å²) < 4.78 is 5.25. The second kappa shape index (κ2) is 6.02. The van der Waals surface area contributed by atoms with Gasteiger partial charge in [0.2, 0.25) is 0 Å². The molecule has 104 valence electrons. The summed E-state index contributed by atoms with van der Waals surface area (Å²) in [4.78, 5) is 13.1. The van der Waals surface area contributed by atoms with E-state index in [2.05, 4.69) is 4.90 Å². The second-order valence-electron chi connectivity index (χ2n) is 6.04. The average Bonchev–Trinajstić information content (AvgIpc) is 2.52. The molecule has 4 nitrogen and oxygen atoms in total. The molecule has 0 radical (unpaired) electrons. The van der Waals surface area contributed by atoms with Crippen molar-refractivity contribution in [2.45, 2.75) is 51.0 Å². The lowest BCUT2D eigenvalue weighted by atomic mass is 9.73. The molecule has 1 spiro atoms. The summed E-state index contributed by atoms with van der Waals surface area (Å²) in [6.07, 6.45) is 8.20. The Morgan fingerprint density at radius 3 is 2.39 bits per heavy atom. The lowest BCUT2D eigenvalue weighted by Gasteiger charge is -2.51. The van der Waals surface area contributed by atoms with E-state index in [9.17, 15) is 4.79 Å². The molecule has 0 aromatic heterocycles. The summed E-state index contributed by atoms with van der Waals surface area (Å²) >= 11 is 0. The van der Waals surface area contributed by atoms with Crippen molar-refractivity contribution in [3.05, 3.63) is 0 Å². The number of hydrogen-bond acceptors (Lipinski definition) is 3. The number of nitrogens with zero attached hydrogens (tertiary/aromatic N) is 1. The first-order valence-electron chi connectivity index (χ1n) is 7.10. The van der Waals surface area contributed by atoms with Crippen LogP contribution in [0.5, 0.6) is 0 Å². The van der Waals surface area contributed by atoms with Crippen molar-refractivity contribution in [2.75, 3.05) is 26.7 Å². The van der Waals surface area contributed by atoms with Gasteiger partial charge in [-0.2, -0.15) is 0 Å². The number of ether oxygens (including phenoxy) is 1. The topological polar surface area (TPSA) is 49.8 Å². The third-order valence-electron chi connectivity index (χ3n) is 4.48. The number of carboxylic acids is 1. The highest BCUT2D eigenvalue weighted by Crippen LogP contribution is 2.42. The van der Waals surface area contributed by atoms with E-state index >= 15 is 0 Å². The van der Waals surface area contributed by atoms with E-state index in [0.717, 1.165) is 19.6 Å². The minimum Gasteiger partial charge on any atom is -0.481 e. The minimum absolute atomic E-state index is 0.111. The van der Waals surface area contributed by atoms with Crippen LogP contribution in [0.1, 0.15) is 44.9 Å². The van der Waals surface area contributed by atoms with Gasteiger partial charge in [0.25, 0.3) is 0 Å². The summed E-state index contributed by atoms with van der Waals surface area (Å²) in [7, 11) is 1.61. The number of methoxy groups -OCH3 is 1. The van der Waals surface area contributed by atoms with Crippen LogP contribution in [0, 0.1) is 5.41 Å². The molecule has 0 amide bonds. The molecule has 1 saturated heterocycles. The zero-order valence-corrected chi connectivity index (χ0v) is 11.4. The molecule has 1 saturated carbocycles. The fraction of sp³-hybridized carbons (Fsp3) is 0.929. The first-order valence-corrected chi connectivity index (χ1v) is 7.10. The molecule has 1 atom stereocenters. The van der Waals surface area contributed by atoms with Crippen molar-refractivity contribution in [1.82, 2.24) is 4.90 Å². The summed E-state index contributed by atoms with van der Waals surface area (Å²) in [5.41, 5.74) is 0.554. The van der Waals surface area contributed by atoms with E-state index in [0.29, 0.717) is 5.41 Å². The number of rotatable bonds is 5. The predicted octanol–water partition coefficient (Wildman–Crippen LogP) is 2.13. The lowest BCUT2D eigenvalue weighted by molar-refractivity contribution is -0.140. The van der Waals surface area contributed by atoms with E-state index in [1.807, 2.05) is 0 Å². The molecule has 1 aliphatic heterocycles. The van der Waals surface area contributed by atoms with E-state index in [1.54, 1.807) is 7.11 Å². The Bertz CT molecular complexity index is 277. The number of likely N-dealkylation sites (tertiary alicyclic amines) is 1. The highest BCUT2D eigenvalue weighted by atomic mass is 16.5. The first-order chi connectivity index (χ1) is 8.63. The zero-order valence-electron chi connectivity index (χ0n) is 11.4. The first kappa shape index (κ1) is 13.8. The van der Waals surface area contributed by atoms with E-state index < -0.39 is 5.97 Å². The Morgan fingerprint density at radius 2 is 1.89 bits per heavy atom. The number of carbonyl (C=O) groups is 1. The second-order valence-corrected chi connectivity index (χ2v) is 6.04. The molecular formula is C14H25NO3. The minimum atomic E-state index is -0.772. The van der Waals surface area contributed by atoms with Gasteiger partial charge in [-0.05, 0) is 18.3 Å². The Balaban J connectivity index is 1.75. The van der Waals surface area contributed by atoms with Crippen LogP contribution in [-0.2, 0) is 9.53 Å². The Hall–Kier alpha value is -0.610. The molecule has 1 heterocycles. The van der Waals surface area contributed by atoms with Gasteiger partial charge in [-0.3, -0.25) is 9.69 Å². The molecular weight excluding hydrogens is 230 g/mol. The fourth-order valence-corrected chi connectivity index (χ4v) is 3.53. The van der Waals surface area contributed by atoms with Gasteiger partial charge in [-0.25, -0.2) is 0 Å². The molecule has 0 aromatic rings. The monoisotopic (exact) mass is 255 g/mol. The van der Waals surface area contributed by atoms with Gasteiger partial charge in [0.05, 0.1) is 12.5 Å². The van der Waals surface area contributed by atoms with Crippen LogP contribution in [-0.4, -0.2) is 48.8 Å². The van der Waals surface area contributed by atoms with E-state index in [1.165, 1.54) is 38.5 Å². The molecule has 18 heavy (non-hydrogen) atoms. The standard InChI is InChI=1S/C14H25NO3/c1-18-12(8-13(16)17)9-15-10-14(11-15)6-4-2-3-5-7-14/h12H,2-11H2,1H3,(H,16,17). The maximum atomic E-state index is 10.7.